The molecule has 0 atom stereocenters. The fraction of sp³-hybridized carbons (Fsp3) is 0.200. The van der Waals surface area contributed by atoms with Crippen molar-refractivity contribution in [1.82, 2.24) is 0 Å². The molecule has 0 aliphatic heterocycles. The molecular weight excluding hydrogens is 180 g/mol. The first-order valence-electron chi connectivity index (χ1n) is 5.34. The van der Waals surface area contributed by atoms with Crippen LogP contribution in [0, 0.1) is 13.8 Å². The fourth-order valence-electron chi connectivity index (χ4n) is 1.91. The summed E-state index contributed by atoms with van der Waals surface area (Å²) in [4.78, 5) is 0. The molecule has 0 heteroatoms. The van der Waals surface area contributed by atoms with Crippen molar-refractivity contribution in [1.29, 1.82) is 0 Å². The van der Waals surface area contributed by atoms with Crippen LogP contribution in [0.4, 0.5) is 0 Å². The van der Waals surface area contributed by atoms with E-state index in [1.54, 1.807) is 0 Å². The molecule has 0 aliphatic carbocycles. The minimum Gasteiger partial charge on any atom is -0.0871 e. The molecule has 2 aromatic rings. The Balaban J connectivity index is 2.70. The standard InChI is InChI=1S/C15H16/c1-4-5-13-10-14-7-6-11(2)8-15(14)9-12(13)3/h4-10H,1-3H3. The van der Waals surface area contributed by atoms with Gasteiger partial charge in [-0.25, -0.2) is 0 Å². The predicted octanol–water partition coefficient (Wildman–Crippen LogP) is 4.49. The lowest BCUT2D eigenvalue weighted by molar-refractivity contribution is 1.45. The molecule has 0 unspecified atom stereocenters. The number of allylic oxidation sites excluding steroid dienone is 1. The van der Waals surface area contributed by atoms with Crippen LogP contribution in [0.1, 0.15) is 23.6 Å². The number of benzene rings is 2. The van der Waals surface area contributed by atoms with Gasteiger partial charge in [-0.2, -0.15) is 0 Å². The number of fused-ring (bicyclic) bond motifs is 1. The second-order valence-corrected chi connectivity index (χ2v) is 4.06. The van der Waals surface area contributed by atoms with Crippen LogP contribution >= 0.6 is 0 Å². The van der Waals surface area contributed by atoms with E-state index in [0.29, 0.717) is 0 Å². The van der Waals surface area contributed by atoms with Crippen LogP contribution in [-0.2, 0) is 0 Å². The summed E-state index contributed by atoms with van der Waals surface area (Å²) in [5.41, 5.74) is 3.97. The van der Waals surface area contributed by atoms with Gasteiger partial charge in [0.2, 0.25) is 0 Å². The zero-order valence-electron chi connectivity index (χ0n) is 9.54. The van der Waals surface area contributed by atoms with Crippen molar-refractivity contribution in [2.45, 2.75) is 20.8 Å². The quantitative estimate of drug-likeness (QED) is 0.630. The highest BCUT2D eigenvalue weighted by molar-refractivity contribution is 5.86. The van der Waals surface area contributed by atoms with E-state index in [4.69, 9.17) is 0 Å². The van der Waals surface area contributed by atoms with Crippen LogP contribution < -0.4 is 0 Å². The van der Waals surface area contributed by atoms with E-state index >= 15 is 0 Å². The zero-order chi connectivity index (χ0) is 10.8. The van der Waals surface area contributed by atoms with E-state index in [1.165, 1.54) is 27.5 Å². The number of hydrogen-bond donors (Lipinski definition) is 0. The number of rotatable bonds is 1. The maximum absolute atomic E-state index is 2.26. The normalized spacial score (nSPS) is 11.4. The summed E-state index contributed by atoms with van der Waals surface area (Å²) < 4.78 is 0. The summed E-state index contributed by atoms with van der Waals surface area (Å²) in [6.45, 7) is 6.35. The van der Waals surface area contributed by atoms with E-state index in [2.05, 4.69) is 63.3 Å². The topological polar surface area (TPSA) is 0 Å². The molecule has 0 saturated heterocycles. The Kier molecular flexibility index (Phi) is 2.59. The molecule has 0 aromatic heterocycles. The van der Waals surface area contributed by atoms with Gasteiger partial charge in [0, 0.05) is 0 Å². The van der Waals surface area contributed by atoms with Crippen LogP contribution in [0.3, 0.4) is 0 Å². The second-order valence-electron chi connectivity index (χ2n) is 4.06. The first-order valence-corrected chi connectivity index (χ1v) is 5.34. The van der Waals surface area contributed by atoms with E-state index in [9.17, 15) is 0 Å². The summed E-state index contributed by atoms with van der Waals surface area (Å²) in [5, 5.41) is 2.65. The molecule has 15 heavy (non-hydrogen) atoms. The zero-order valence-corrected chi connectivity index (χ0v) is 9.54. The first kappa shape index (κ1) is 9.97. The Morgan fingerprint density at radius 1 is 0.933 bits per heavy atom. The highest BCUT2D eigenvalue weighted by Gasteiger charge is 1.98. The number of hydrogen-bond acceptors (Lipinski definition) is 0. The minimum absolute atomic E-state index is 1.31. The summed E-state index contributed by atoms with van der Waals surface area (Å²) in [6, 6.07) is 11.1. The molecule has 0 saturated carbocycles. The van der Waals surface area contributed by atoms with Gasteiger partial charge in [-0.3, -0.25) is 0 Å². The van der Waals surface area contributed by atoms with Gasteiger partial charge in [-0.1, -0.05) is 42.0 Å². The molecule has 76 valence electrons. The van der Waals surface area contributed by atoms with Crippen LogP contribution in [0.25, 0.3) is 16.8 Å². The van der Waals surface area contributed by atoms with E-state index in [1.807, 2.05) is 0 Å². The van der Waals surface area contributed by atoms with Crippen molar-refractivity contribution in [2.24, 2.45) is 0 Å². The fourth-order valence-corrected chi connectivity index (χ4v) is 1.91. The Morgan fingerprint density at radius 3 is 2.47 bits per heavy atom. The lowest BCUT2D eigenvalue weighted by Crippen LogP contribution is -1.83. The van der Waals surface area contributed by atoms with Crippen molar-refractivity contribution < 1.29 is 0 Å². The molecule has 0 amide bonds. The van der Waals surface area contributed by atoms with Gasteiger partial charge in [-0.15, -0.1) is 0 Å². The summed E-state index contributed by atoms with van der Waals surface area (Å²) in [6.07, 6.45) is 4.25. The average Bonchev–Trinajstić information content (AvgIpc) is 2.20. The van der Waals surface area contributed by atoms with Crippen molar-refractivity contribution in [3.8, 4) is 0 Å². The van der Waals surface area contributed by atoms with Crippen molar-refractivity contribution in [3.05, 3.63) is 53.1 Å². The Hall–Kier alpha value is -1.56. The maximum Gasteiger partial charge on any atom is -0.0178 e. The Labute approximate surface area is 91.2 Å². The third-order valence-corrected chi connectivity index (χ3v) is 2.73. The smallest absolute Gasteiger partial charge is 0.0178 e. The van der Waals surface area contributed by atoms with Gasteiger partial charge in [0.25, 0.3) is 0 Å². The van der Waals surface area contributed by atoms with Crippen LogP contribution in [0.15, 0.2) is 36.4 Å². The molecule has 0 aliphatic rings. The van der Waals surface area contributed by atoms with Crippen molar-refractivity contribution >= 4 is 16.8 Å². The van der Waals surface area contributed by atoms with Gasteiger partial charge in [0.05, 0.1) is 0 Å². The van der Waals surface area contributed by atoms with E-state index < -0.39 is 0 Å². The highest BCUT2D eigenvalue weighted by atomic mass is 14.0. The predicted molar refractivity (Wildman–Crippen MR) is 68.1 cm³/mol. The maximum atomic E-state index is 2.26. The molecule has 2 rings (SSSR count). The average molecular weight is 196 g/mol. The first-order chi connectivity index (χ1) is 7.20. The van der Waals surface area contributed by atoms with Crippen LogP contribution in [-0.4, -0.2) is 0 Å². The van der Waals surface area contributed by atoms with Gasteiger partial charge >= 0.3 is 0 Å². The second kappa shape index (κ2) is 3.90. The number of aryl methyl sites for hydroxylation is 2. The van der Waals surface area contributed by atoms with Crippen molar-refractivity contribution in [3.63, 3.8) is 0 Å². The summed E-state index contributed by atoms with van der Waals surface area (Å²) >= 11 is 0. The summed E-state index contributed by atoms with van der Waals surface area (Å²) in [5.74, 6) is 0. The third kappa shape index (κ3) is 1.94. The van der Waals surface area contributed by atoms with Gasteiger partial charge in [0.1, 0.15) is 0 Å². The molecule has 2 aromatic carbocycles. The van der Waals surface area contributed by atoms with E-state index in [0.717, 1.165) is 0 Å². The molecule has 0 bridgehead atoms. The van der Waals surface area contributed by atoms with E-state index in [-0.39, 0.29) is 0 Å². The van der Waals surface area contributed by atoms with Gasteiger partial charge in [0.15, 0.2) is 0 Å². The van der Waals surface area contributed by atoms with Gasteiger partial charge in [-0.05, 0) is 48.7 Å². The monoisotopic (exact) mass is 196 g/mol. The molecule has 0 heterocycles. The Bertz CT molecular complexity index is 519. The Morgan fingerprint density at radius 2 is 1.73 bits per heavy atom. The molecular formula is C15H16. The SMILES string of the molecule is CC=Cc1cc2ccc(C)cc2cc1C. The molecule has 0 N–H and O–H groups in total. The molecule has 0 spiro atoms. The van der Waals surface area contributed by atoms with Crippen molar-refractivity contribution in [2.75, 3.05) is 0 Å². The minimum atomic E-state index is 1.31. The highest BCUT2D eigenvalue weighted by Crippen LogP contribution is 2.21. The largest absolute Gasteiger partial charge is 0.0871 e. The molecule has 0 nitrogen and oxygen atoms in total. The molecule has 0 fully saturated rings. The molecule has 0 radical (unpaired) electrons. The van der Waals surface area contributed by atoms with Crippen LogP contribution in [0.5, 0.6) is 0 Å². The third-order valence-electron chi connectivity index (χ3n) is 2.73. The van der Waals surface area contributed by atoms with Gasteiger partial charge < -0.3 is 0 Å². The van der Waals surface area contributed by atoms with Crippen LogP contribution in [0.2, 0.25) is 0 Å². The lowest BCUT2D eigenvalue weighted by atomic mass is 10.0. The summed E-state index contributed by atoms with van der Waals surface area (Å²) in [7, 11) is 0. The lowest BCUT2D eigenvalue weighted by Gasteiger charge is -2.05.